The van der Waals surface area contributed by atoms with Crippen LogP contribution in [-0.2, 0) is 20.7 Å². The topological polar surface area (TPSA) is 179 Å². The van der Waals surface area contributed by atoms with Crippen LogP contribution in [0.1, 0.15) is 112 Å². The summed E-state index contributed by atoms with van der Waals surface area (Å²) in [6, 6.07) is 5.00. The van der Waals surface area contributed by atoms with E-state index in [2.05, 4.69) is 50.0 Å². The predicted octanol–water partition coefficient (Wildman–Crippen LogP) is 4.43. The third-order valence-electron chi connectivity index (χ3n) is 9.83. The van der Waals surface area contributed by atoms with Crippen molar-refractivity contribution < 1.29 is 24.2 Å². The number of H-pyrrole nitrogens is 1. The summed E-state index contributed by atoms with van der Waals surface area (Å²) in [5.74, 6) is -0.123. The summed E-state index contributed by atoms with van der Waals surface area (Å²) in [6.07, 6.45) is 4.76. The highest BCUT2D eigenvalue weighted by Crippen LogP contribution is 2.31. The minimum absolute atomic E-state index is 0.0527. The number of tetrazole rings is 1. The smallest absolute Gasteiger partial charge is 0.271 e. The number of carbonyl (C=O) groups excluding carboxylic acids is 3. The van der Waals surface area contributed by atoms with Crippen molar-refractivity contribution in [3.8, 4) is 5.75 Å². The molecule has 3 aromatic rings. The van der Waals surface area contributed by atoms with Crippen LogP contribution < -0.4 is 10.6 Å². The van der Waals surface area contributed by atoms with E-state index in [4.69, 9.17) is 9.72 Å². The monoisotopic (exact) mass is 725 g/mol. The first kappa shape index (κ1) is 39.8. The number of nitrogens with one attached hydrogen (secondary N) is 3. The maximum atomic E-state index is 14.2. The van der Waals surface area contributed by atoms with Crippen molar-refractivity contribution in [1.29, 1.82) is 0 Å². The number of phenolic OH excluding ortho intramolecular Hbond substituents is 1. The maximum Gasteiger partial charge on any atom is 0.271 e. The molecule has 4 N–H and O–H groups in total. The Labute approximate surface area is 305 Å². The van der Waals surface area contributed by atoms with Crippen LogP contribution in [0.3, 0.4) is 0 Å². The van der Waals surface area contributed by atoms with E-state index in [9.17, 15) is 19.5 Å². The molecule has 0 bridgehead atoms. The third-order valence-corrected chi connectivity index (χ3v) is 10.8. The van der Waals surface area contributed by atoms with Crippen molar-refractivity contribution in [2.75, 3.05) is 27.2 Å². The number of carbonyl (C=O) groups is 3. The lowest BCUT2D eigenvalue weighted by molar-refractivity contribution is -0.141. The first-order chi connectivity index (χ1) is 24.4. The average molecular weight is 726 g/mol. The highest BCUT2D eigenvalue weighted by molar-refractivity contribution is 7.09. The molecule has 14 nitrogen and oxygen atoms in total. The molecule has 4 rings (SSSR count). The van der Waals surface area contributed by atoms with Crippen LogP contribution in [0.15, 0.2) is 29.6 Å². The Morgan fingerprint density at radius 2 is 1.88 bits per heavy atom. The second-order valence-corrected chi connectivity index (χ2v) is 14.8. The Morgan fingerprint density at radius 1 is 1.14 bits per heavy atom. The van der Waals surface area contributed by atoms with Crippen LogP contribution >= 0.6 is 11.3 Å². The standard InChI is InChI=1S/C36H55N9O5S/c1-8-18-50-30(20-29(22(3)4)45(7)36(49)31(23(5)9-2)39-34(48)28-12-10-11-17-44(28)6)35-38-27(21-51-35)33(47)37-26(32-40-42-43-41-32)19-24-13-15-25(46)16-14-24/h13-16,21-23,26,28-31,46H,8-12,17-20H2,1-7H3,(H,37,47)(H,39,48)(H,40,41,42,43)/t23-,26-,28+,29+,30+,31-/m0/s1. The molecular weight excluding hydrogens is 671 g/mol. The van der Waals surface area contributed by atoms with E-state index in [-0.39, 0.29) is 47.2 Å². The molecule has 2 aromatic heterocycles. The summed E-state index contributed by atoms with van der Waals surface area (Å²) in [7, 11) is 3.78. The zero-order valence-electron chi connectivity index (χ0n) is 31.0. The molecule has 1 saturated heterocycles. The molecular formula is C36H55N9O5S. The number of nitrogens with zero attached hydrogens (tertiary/aromatic N) is 6. The number of rotatable bonds is 18. The summed E-state index contributed by atoms with van der Waals surface area (Å²) in [6.45, 7) is 11.6. The number of aromatic nitrogens is 5. The molecule has 15 heteroatoms. The molecule has 0 aliphatic carbocycles. The van der Waals surface area contributed by atoms with E-state index in [0.717, 1.165) is 44.2 Å². The molecule has 1 aliphatic rings. The van der Waals surface area contributed by atoms with Gasteiger partial charge < -0.3 is 25.4 Å². The van der Waals surface area contributed by atoms with Gasteiger partial charge in [0, 0.05) is 37.9 Å². The van der Waals surface area contributed by atoms with Gasteiger partial charge in [0.15, 0.2) is 5.82 Å². The van der Waals surface area contributed by atoms with Crippen LogP contribution in [0.2, 0.25) is 0 Å². The number of hydrogen-bond donors (Lipinski definition) is 4. The average Bonchev–Trinajstić information content (AvgIpc) is 3.84. The van der Waals surface area contributed by atoms with Gasteiger partial charge in [-0.05, 0) is 62.4 Å². The SMILES string of the molecule is CCCO[C@H](C[C@H](C(C)C)N(C)C(=O)[C@@H](NC(=O)[C@H]1CCCCN1C)[C@@H](C)CC)c1nc(C(=O)N[C@@H](Cc2ccc(O)cc2)c2nn[nH]n2)cs1. The molecule has 0 radical (unpaired) electrons. The minimum Gasteiger partial charge on any atom is -0.508 e. The van der Waals surface area contributed by atoms with E-state index >= 15 is 0 Å². The second-order valence-electron chi connectivity index (χ2n) is 14.0. The number of piperidine rings is 1. The number of aromatic hydroxyl groups is 1. The van der Waals surface area contributed by atoms with Gasteiger partial charge in [-0.1, -0.05) is 64.8 Å². The molecule has 3 amide bonds. The van der Waals surface area contributed by atoms with Crippen LogP contribution in [0.5, 0.6) is 5.75 Å². The van der Waals surface area contributed by atoms with Crippen LogP contribution in [0, 0.1) is 11.8 Å². The first-order valence-electron chi connectivity index (χ1n) is 18.1. The second kappa shape index (κ2) is 19.0. The molecule has 1 aromatic carbocycles. The zero-order chi connectivity index (χ0) is 37.1. The first-order valence-corrected chi connectivity index (χ1v) is 19.0. The summed E-state index contributed by atoms with van der Waals surface area (Å²) in [5.41, 5.74) is 1.10. The number of thiazole rings is 1. The van der Waals surface area contributed by atoms with Crippen molar-refractivity contribution >= 4 is 29.1 Å². The summed E-state index contributed by atoms with van der Waals surface area (Å²) >= 11 is 1.34. The number of likely N-dealkylation sites (N-methyl/N-ethyl adjacent to an activating group) is 2. The van der Waals surface area contributed by atoms with Gasteiger partial charge in [-0.2, -0.15) is 5.21 Å². The van der Waals surface area contributed by atoms with E-state index in [0.29, 0.717) is 30.3 Å². The lowest BCUT2D eigenvalue weighted by Crippen LogP contribution is -2.58. The van der Waals surface area contributed by atoms with Gasteiger partial charge in [-0.25, -0.2) is 4.98 Å². The van der Waals surface area contributed by atoms with Crippen LogP contribution in [0.25, 0.3) is 0 Å². The number of aromatic amines is 1. The minimum atomic E-state index is -0.650. The normalized spacial score (nSPS) is 18.1. The third kappa shape index (κ3) is 10.8. The van der Waals surface area contributed by atoms with Gasteiger partial charge in [0.25, 0.3) is 5.91 Å². The highest BCUT2D eigenvalue weighted by atomic mass is 32.1. The van der Waals surface area contributed by atoms with E-state index in [1.807, 2.05) is 34.9 Å². The Balaban J connectivity index is 1.50. The molecule has 0 saturated carbocycles. The van der Waals surface area contributed by atoms with Crippen molar-refractivity contribution in [2.45, 2.75) is 110 Å². The molecule has 6 atom stereocenters. The zero-order valence-corrected chi connectivity index (χ0v) is 31.8. The van der Waals surface area contributed by atoms with Crippen molar-refractivity contribution in [1.82, 2.24) is 46.0 Å². The number of phenols is 1. The molecule has 51 heavy (non-hydrogen) atoms. The fourth-order valence-electron chi connectivity index (χ4n) is 6.48. The number of likely N-dealkylation sites (tertiary alicyclic amines) is 1. The van der Waals surface area contributed by atoms with Gasteiger partial charge >= 0.3 is 0 Å². The Hall–Kier alpha value is -3.95. The Kier molecular flexibility index (Phi) is 14.9. The fraction of sp³-hybridized carbons (Fsp3) is 0.639. The fourth-order valence-corrected chi connectivity index (χ4v) is 7.34. The highest BCUT2D eigenvalue weighted by Gasteiger charge is 2.37. The van der Waals surface area contributed by atoms with Crippen molar-refractivity contribution in [3.05, 3.63) is 51.7 Å². The number of ether oxygens (including phenoxy) is 1. The summed E-state index contributed by atoms with van der Waals surface area (Å²) < 4.78 is 6.34. The number of benzene rings is 1. The van der Waals surface area contributed by atoms with Crippen molar-refractivity contribution in [3.63, 3.8) is 0 Å². The van der Waals surface area contributed by atoms with Gasteiger partial charge in [0.2, 0.25) is 11.8 Å². The van der Waals surface area contributed by atoms with E-state index < -0.39 is 24.1 Å². The molecule has 280 valence electrons. The lowest BCUT2D eigenvalue weighted by Gasteiger charge is -2.38. The Morgan fingerprint density at radius 3 is 2.51 bits per heavy atom. The quantitative estimate of drug-likeness (QED) is 0.147. The molecule has 0 unspecified atom stereocenters. The largest absolute Gasteiger partial charge is 0.508 e. The Bertz CT molecular complexity index is 1530. The number of amides is 3. The summed E-state index contributed by atoms with van der Waals surface area (Å²) in [4.78, 5) is 49.8. The summed E-state index contributed by atoms with van der Waals surface area (Å²) in [5, 5.41) is 32.4. The number of hydrogen-bond acceptors (Lipinski definition) is 11. The van der Waals surface area contributed by atoms with Gasteiger partial charge in [0.1, 0.15) is 28.6 Å². The predicted molar refractivity (Wildman–Crippen MR) is 195 cm³/mol. The maximum absolute atomic E-state index is 14.2. The van der Waals surface area contributed by atoms with E-state index in [1.165, 1.54) is 11.3 Å². The molecule has 3 heterocycles. The van der Waals surface area contributed by atoms with Gasteiger partial charge in [-0.15, -0.1) is 21.5 Å². The van der Waals surface area contributed by atoms with Gasteiger partial charge in [0.05, 0.1) is 12.1 Å². The lowest BCUT2D eigenvalue weighted by atomic mass is 9.92. The van der Waals surface area contributed by atoms with Crippen molar-refractivity contribution in [2.24, 2.45) is 11.8 Å². The van der Waals surface area contributed by atoms with Crippen LogP contribution in [-0.4, -0.2) is 104 Å². The van der Waals surface area contributed by atoms with Gasteiger partial charge in [-0.3, -0.25) is 19.3 Å². The van der Waals surface area contributed by atoms with E-state index in [1.54, 1.807) is 34.5 Å². The molecule has 0 spiro atoms. The molecule has 1 aliphatic heterocycles. The molecule has 1 fully saturated rings. The van der Waals surface area contributed by atoms with Crippen LogP contribution in [0.4, 0.5) is 0 Å².